The van der Waals surface area contributed by atoms with E-state index < -0.39 is 0 Å². The third kappa shape index (κ3) is 3.21. The summed E-state index contributed by atoms with van der Waals surface area (Å²) >= 11 is 5.93. The molecule has 16 heavy (non-hydrogen) atoms. The molecule has 1 atom stereocenters. The summed E-state index contributed by atoms with van der Waals surface area (Å²) < 4.78 is 5.99. The second-order valence-electron chi connectivity index (χ2n) is 4.65. The maximum absolute atomic E-state index is 5.99. The number of benzene rings is 1. The molecule has 1 aliphatic heterocycles. The molecule has 1 aromatic carbocycles. The van der Waals surface area contributed by atoms with Gasteiger partial charge in [0, 0.05) is 11.6 Å². The van der Waals surface area contributed by atoms with Crippen LogP contribution in [0.3, 0.4) is 0 Å². The van der Waals surface area contributed by atoms with Gasteiger partial charge in [-0.1, -0.05) is 23.7 Å². The van der Waals surface area contributed by atoms with Crippen LogP contribution in [0.4, 0.5) is 0 Å². The molecule has 0 aliphatic carbocycles. The lowest BCUT2D eigenvalue weighted by atomic mass is 9.96. The van der Waals surface area contributed by atoms with E-state index in [1.165, 1.54) is 6.42 Å². The Morgan fingerprint density at radius 3 is 3.06 bits per heavy atom. The van der Waals surface area contributed by atoms with Crippen molar-refractivity contribution in [3.63, 3.8) is 0 Å². The van der Waals surface area contributed by atoms with E-state index in [1.807, 2.05) is 24.3 Å². The van der Waals surface area contributed by atoms with Crippen LogP contribution in [0.5, 0.6) is 0 Å². The van der Waals surface area contributed by atoms with E-state index in [0.717, 1.165) is 30.1 Å². The average Bonchev–Trinajstić information content (AvgIpc) is 2.28. The fourth-order valence-corrected chi connectivity index (χ4v) is 2.25. The van der Waals surface area contributed by atoms with Gasteiger partial charge in [0.05, 0.1) is 12.2 Å². The first-order valence-electron chi connectivity index (χ1n) is 5.77. The Hall–Kier alpha value is -0.570. The highest BCUT2D eigenvalue weighted by atomic mass is 35.5. The van der Waals surface area contributed by atoms with Crippen LogP contribution in [0.25, 0.3) is 0 Å². The molecule has 2 nitrogen and oxygen atoms in total. The van der Waals surface area contributed by atoms with Gasteiger partial charge in [0.15, 0.2) is 0 Å². The highest BCUT2D eigenvalue weighted by Crippen LogP contribution is 2.22. The molecule has 0 spiro atoms. The van der Waals surface area contributed by atoms with Crippen molar-refractivity contribution in [3.05, 3.63) is 34.9 Å². The molecule has 1 saturated heterocycles. The lowest BCUT2D eigenvalue weighted by molar-refractivity contribution is -0.0571. The van der Waals surface area contributed by atoms with Crippen LogP contribution in [0.1, 0.15) is 25.3 Å². The van der Waals surface area contributed by atoms with Gasteiger partial charge in [-0.15, -0.1) is 0 Å². The molecule has 1 unspecified atom stereocenters. The van der Waals surface area contributed by atoms with Crippen molar-refractivity contribution in [3.8, 4) is 0 Å². The van der Waals surface area contributed by atoms with Crippen LogP contribution in [0, 0.1) is 0 Å². The molecule has 1 aromatic rings. The highest BCUT2D eigenvalue weighted by molar-refractivity contribution is 6.30. The number of halogens is 1. The predicted molar refractivity (Wildman–Crippen MR) is 66.7 cm³/mol. The summed E-state index contributed by atoms with van der Waals surface area (Å²) in [5.74, 6) is 0. The summed E-state index contributed by atoms with van der Waals surface area (Å²) in [7, 11) is 0. The second-order valence-corrected chi connectivity index (χ2v) is 5.09. The van der Waals surface area contributed by atoms with Gasteiger partial charge in [-0.05, 0) is 44.0 Å². The van der Waals surface area contributed by atoms with Crippen molar-refractivity contribution in [2.75, 3.05) is 13.1 Å². The Kier molecular flexibility index (Phi) is 3.85. The third-order valence-electron chi connectivity index (χ3n) is 3.03. The monoisotopic (exact) mass is 239 g/mol. The van der Waals surface area contributed by atoms with Crippen LogP contribution in [-0.2, 0) is 11.3 Å². The maximum atomic E-state index is 5.99. The van der Waals surface area contributed by atoms with Crippen LogP contribution in [0.15, 0.2) is 24.3 Å². The maximum Gasteiger partial charge on any atom is 0.0783 e. The van der Waals surface area contributed by atoms with Gasteiger partial charge < -0.3 is 10.1 Å². The first kappa shape index (κ1) is 11.9. The molecule has 1 N–H and O–H groups in total. The summed E-state index contributed by atoms with van der Waals surface area (Å²) in [6, 6.07) is 7.85. The van der Waals surface area contributed by atoms with Crippen molar-refractivity contribution < 1.29 is 4.74 Å². The van der Waals surface area contributed by atoms with E-state index in [1.54, 1.807) is 0 Å². The van der Waals surface area contributed by atoms with Crippen molar-refractivity contribution in [1.29, 1.82) is 0 Å². The van der Waals surface area contributed by atoms with E-state index in [4.69, 9.17) is 16.3 Å². The molecule has 2 rings (SSSR count). The molecule has 0 bridgehead atoms. The minimum absolute atomic E-state index is 0.0272. The van der Waals surface area contributed by atoms with Crippen LogP contribution in [-0.4, -0.2) is 18.7 Å². The normalized spacial score (nSPS) is 25.6. The van der Waals surface area contributed by atoms with Crippen LogP contribution < -0.4 is 5.32 Å². The Morgan fingerprint density at radius 2 is 2.38 bits per heavy atom. The Bertz CT molecular complexity index is 348. The van der Waals surface area contributed by atoms with Gasteiger partial charge in [-0.3, -0.25) is 0 Å². The van der Waals surface area contributed by atoms with E-state index in [-0.39, 0.29) is 5.60 Å². The summed E-state index contributed by atoms with van der Waals surface area (Å²) in [6.45, 7) is 4.85. The van der Waals surface area contributed by atoms with Gasteiger partial charge in [0.2, 0.25) is 0 Å². The summed E-state index contributed by atoms with van der Waals surface area (Å²) in [5.41, 5.74) is 1.11. The molecule has 0 amide bonds. The smallest absolute Gasteiger partial charge is 0.0783 e. The third-order valence-corrected chi connectivity index (χ3v) is 3.27. The zero-order chi connectivity index (χ0) is 11.4. The van der Waals surface area contributed by atoms with Crippen molar-refractivity contribution >= 4 is 11.6 Å². The lowest BCUT2D eigenvalue weighted by Gasteiger charge is -2.34. The van der Waals surface area contributed by atoms with Gasteiger partial charge in [0.1, 0.15) is 0 Å². The first-order valence-corrected chi connectivity index (χ1v) is 6.15. The SMILES string of the molecule is CC1(OCc2cccc(Cl)c2)CCCNC1. The van der Waals surface area contributed by atoms with E-state index >= 15 is 0 Å². The van der Waals surface area contributed by atoms with Gasteiger partial charge in [-0.2, -0.15) is 0 Å². The van der Waals surface area contributed by atoms with E-state index in [9.17, 15) is 0 Å². The molecule has 1 aliphatic rings. The van der Waals surface area contributed by atoms with Crippen molar-refractivity contribution in [1.82, 2.24) is 5.32 Å². The molecule has 88 valence electrons. The fraction of sp³-hybridized carbons (Fsp3) is 0.538. The number of rotatable bonds is 3. The minimum atomic E-state index is -0.0272. The van der Waals surface area contributed by atoms with Crippen LogP contribution in [0.2, 0.25) is 5.02 Å². The Labute approximate surface area is 102 Å². The molecule has 0 aromatic heterocycles. The number of piperidine rings is 1. The number of nitrogens with one attached hydrogen (secondary N) is 1. The van der Waals surface area contributed by atoms with Gasteiger partial charge >= 0.3 is 0 Å². The van der Waals surface area contributed by atoms with E-state index in [0.29, 0.717) is 6.61 Å². The standard InChI is InChI=1S/C13H18ClNO/c1-13(6-3-7-15-10-13)16-9-11-4-2-5-12(14)8-11/h2,4-5,8,15H,3,6-7,9-10H2,1H3. The quantitative estimate of drug-likeness (QED) is 0.876. The number of hydrogen-bond acceptors (Lipinski definition) is 2. The Balaban J connectivity index is 1.91. The zero-order valence-corrected chi connectivity index (χ0v) is 10.4. The molecular weight excluding hydrogens is 222 g/mol. The van der Waals surface area contributed by atoms with Gasteiger partial charge in [-0.25, -0.2) is 0 Å². The van der Waals surface area contributed by atoms with Crippen molar-refractivity contribution in [2.45, 2.75) is 32.0 Å². The minimum Gasteiger partial charge on any atom is -0.369 e. The summed E-state index contributed by atoms with van der Waals surface area (Å²) in [5, 5.41) is 4.14. The second kappa shape index (κ2) is 5.17. The molecule has 0 radical (unpaired) electrons. The lowest BCUT2D eigenvalue weighted by Crippen LogP contribution is -2.45. The van der Waals surface area contributed by atoms with E-state index in [2.05, 4.69) is 12.2 Å². The Morgan fingerprint density at radius 1 is 1.50 bits per heavy atom. The average molecular weight is 240 g/mol. The topological polar surface area (TPSA) is 21.3 Å². The van der Waals surface area contributed by atoms with Gasteiger partial charge in [0.25, 0.3) is 0 Å². The fourth-order valence-electron chi connectivity index (χ4n) is 2.04. The molecular formula is C13H18ClNO. The summed E-state index contributed by atoms with van der Waals surface area (Å²) in [6.07, 6.45) is 2.31. The summed E-state index contributed by atoms with van der Waals surface area (Å²) in [4.78, 5) is 0. The highest BCUT2D eigenvalue weighted by Gasteiger charge is 2.27. The first-order chi connectivity index (χ1) is 7.68. The number of hydrogen-bond donors (Lipinski definition) is 1. The predicted octanol–water partition coefficient (Wildman–Crippen LogP) is 3.00. The molecule has 3 heteroatoms. The van der Waals surface area contributed by atoms with Crippen molar-refractivity contribution in [2.24, 2.45) is 0 Å². The largest absolute Gasteiger partial charge is 0.369 e. The molecule has 1 heterocycles. The molecule has 1 fully saturated rings. The van der Waals surface area contributed by atoms with Crippen LogP contribution >= 0.6 is 11.6 Å². The zero-order valence-electron chi connectivity index (χ0n) is 9.63. The number of ether oxygens (including phenoxy) is 1. The molecule has 0 saturated carbocycles.